The highest BCUT2D eigenvalue weighted by atomic mass is 32.2. The van der Waals surface area contributed by atoms with Crippen molar-refractivity contribution in [2.75, 3.05) is 13.6 Å². The molecule has 0 bridgehead atoms. The van der Waals surface area contributed by atoms with Gasteiger partial charge in [-0.3, -0.25) is 0 Å². The molecule has 0 radical (unpaired) electrons. The Bertz CT molecular complexity index is 185. The molecule has 0 aromatic heterocycles. The van der Waals surface area contributed by atoms with Gasteiger partial charge >= 0.3 is 0 Å². The molecule has 0 aliphatic rings. The first-order chi connectivity index (χ1) is 3.98. The molecule has 5 nitrogen and oxygen atoms in total. The van der Waals surface area contributed by atoms with E-state index < -0.39 is 10.2 Å². The molecule has 0 heterocycles. The number of nitrogens with zero attached hydrogens (tertiary/aromatic N) is 1. The third kappa shape index (κ3) is 3.17. The first kappa shape index (κ1) is 8.54. The summed E-state index contributed by atoms with van der Waals surface area (Å²) < 4.78 is 21.3. The standard InChI is InChI=1S/C3H8N2O3S/c1-5(2-3-6)9(4,7)8/h3H,2H2,1H3,(H2,4,7,8). The Balaban J connectivity index is 4.05. The Morgan fingerprint density at radius 2 is 2.11 bits per heavy atom. The zero-order valence-electron chi connectivity index (χ0n) is 4.94. The third-order valence-corrected chi connectivity index (χ3v) is 1.78. The first-order valence-corrected chi connectivity index (χ1v) is 3.66. The van der Waals surface area contributed by atoms with E-state index in [1.165, 1.54) is 7.05 Å². The van der Waals surface area contributed by atoms with Crippen molar-refractivity contribution >= 4 is 16.5 Å². The molecule has 0 rings (SSSR count). The highest BCUT2D eigenvalue weighted by Crippen LogP contribution is 1.83. The fraction of sp³-hybridized carbons (Fsp3) is 0.667. The molecule has 0 aromatic carbocycles. The lowest BCUT2D eigenvalue weighted by molar-refractivity contribution is -0.107. The Morgan fingerprint density at radius 3 is 2.22 bits per heavy atom. The Hall–Kier alpha value is -0.460. The van der Waals surface area contributed by atoms with Gasteiger partial charge in [0.05, 0.1) is 6.54 Å². The number of likely N-dealkylation sites (N-methyl/N-ethyl adjacent to an activating group) is 1. The van der Waals surface area contributed by atoms with Crippen molar-refractivity contribution in [3.05, 3.63) is 0 Å². The molecule has 54 valence electrons. The van der Waals surface area contributed by atoms with Gasteiger partial charge < -0.3 is 4.79 Å². The second-order valence-electron chi connectivity index (χ2n) is 1.49. The van der Waals surface area contributed by atoms with E-state index in [0.717, 1.165) is 4.31 Å². The third-order valence-electron chi connectivity index (χ3n) is 0.766. The fourth-order valence-corrected chi connectivity index (χ4v) is 0.477. The maximum atomic E-state index is 10.3. The van der Waals surface area contributed by atoms with Crippen molar-refractivity contribution in [1.29, 1.82) is 0 Å². The topological polar surface area (TPSA) is 80.5 Å². The average molecular weight is 152 g/mol. The van der Waals surface area contributed by atoms with Gasteiger partial charge in [0.25, 0.3) is 10.2 Å². The Morgan fingerprint density at radius 1 is 1.67 bits per heavy atom. The minimum atomic E-state index is -3.66. The molecule has 6 heteroatoms. The number of hydrogen-bond donors (Lipinski definition) is 1. The number of carbonyl (C=O) groups excluding carboxylic acids is 1. The summed E-state index contributed by atoms with van der Waals surface area (Å²) in [5.74, 6) is 0. The van der Waals surface area contributed by atoms with E-state index >= 15 is 0 Å². The van der Waals surface area contributed by atoms with E-state index in [1.807, 2.05) is 0 Å². The number of aldehydes is 1. The Labute approximate surface area is 53.6 Å². The highest BCUT2D eigenvalue weighted by Gasteiger charge is 2.08. The molecule has 0 saturated heterocycles. The summed E-state index contributed by atoms with van der Waals surface area (Å²) in [4.78, 5) is 9.70. The summed E-state index contributed by atoms with van der Waals surface area (Å²) in [6, 6.07) is 0. The van der Waals surface area contributed by atoms with Crippen molar-refractivity contribution in [3.8, 4) is 0 Å². The summed E-state index contributed by atoms with van der Waals surface area (Å²) >= 11 is 0. The van der Waals surface area contributed by atoms with Crippen LogP contribution in [0.2, 0.25) is 0 Å². The van der Waals surface area contributed by atoms with Gasteiger partial charge in [-0.1, -0.05) is 0 Å². The van der Waals surface area contributed by atoms with Crippen LogP contribution in [0.25, 0.3) is 0 Å². The molecule has 0 aliphatic heterocycles. The molecule has 0 unspecified atom stereocenters. The summed E-state index contributed by atoms with van der Waals surface area (Å²) in [7, 11) is -2.44. The summed E-state index contributed by atoms with van der Waals surface area (Å²) in [5, 5.41) is 4.60. The lowest BCUT2D eigenvalue weighted by Crippen LogP contribution is -2.34. The molecule has 0 fully saturated rings. The summed E-state index contributed by atoms with van der Waals surface area (Å²) in [6.07, 6.45) is 0.463. The molecule has 0 spiro atoms. The van der Waals surface area contributed by atoms with Gasteiger partial charge in [-0.15, -0.1) is 0 Å². The van der Waals surface area contributed by atoms with Crippen LogP contribution in [0.4, 0.5) is 0 Å². The molecule has 2 N–H and O–H groups in total. The number of carbonyl (C=O) groups is 1. The Kier molecular flexibility index (Phi) is 2.75. The summed E-state index contributed by atoms with van der Waals surface area (Å²) in [6.45, 7) is -0.196. The van der Waals surface area contributed by atoms with Gasteiger partial charge in [0.15, 0.2) is 0 Å². The lowest BCUT2D eigenvalue weighted by Gasteiger charge is -2.07. The van der Waals surface area contributed by atoms with Crippen molar-refractivity contribution in [3.63, 3.8) is 0 Å². The zero-order valence-corrected chi connectivity index (χ0v) is 5.76. The van der Waals surface area contributed by atoms with E-state index in [9.17, 15) is 13.2 Å². The van der Waals surface area contributed by atoms with Gasteiger partial charge in [-0.05, 0) is 0 Å². The van der Waals surface area contributed by atoms with Crippen LogP contribution in [0.3, 0.4) is 0 Å². The predicted molar refractivity (Wildman–Crippen MR) is 31.8 cm³/mol. The van der Waals surface area contributed by atoms with Gasteiger partial charge in [0.1, 0.15) is 6.29 Å². The van der Waals surface area contributed by atoms with Crippen molar-refractivity contribution < 1.29 is 13.2 Å². The molecule has 9 heavy (non-hydrogen) atoms. The van der Waals surface area contributed by atoms with Gasteiger partial charge in [0.2, 0.25) is 0 Å². The molecule has 0 aliphatic carbocycles. The maximum absolute atomic E-state index is 10.3. The minimum Gasteiger partial charge on any atom is -0.302 e. The zero-order chi connectivity index (χ0) is 7.49. The van der Waals surface area contributed by atoms with E-state index in [-0.39, 0.29) is 6.54 Å². The van der Waals surface area contributed by atoms with E-state index in [4.69, 9.17) is 0 Å². The first-order valence-electron chi connectivity index (χ1n) is 2.16. The second kappa shape index (κ2) is 2.90. The number of nitrogens with two attached hydrogens (primary N) is 1. The monoisotopic (exact) mass is 152 g/mol. The highest BCUT2D eigenvalue weighted by molar-refractivity contribution is 7.86. The maximum Gasteiger partial charge on any atom is 0.277 e. The average Bonchev–Trinajstić information content (AvgIpc) is 1.64. The molecular weight excluding hydrogens is 144 g/mol. The van der Waals surface area contributed by atoms with Crippen LogP contribution in [0.5, 0.6) is 0 Å². The minimum absolute atomic E-state index is 0.196. The molecule has 0 amide bonds. The molecule has 0 aromatic rings. The van der Waals surface area contributed by atoms with Gasteiger partial charge in [0, 0.05) is 7.05 Å². The van der Waals surface area contributed by atoms with Crippen LogP contribution in [-0.4, -0.2) is 32.6 Å². The van der Waals surface area contributed by atoms with Crippen LogP contribution in [0.1, 0.15) is 0 Å². The lowest BCUT2D eigenvalue weighted by atomic mass is 10.7. The van der Waals surface area contributed by atoms with Gasteiger partial charge in [-0.25, -0.2) is 5.14 Å². The normalized spacial score (nSPS) is 11.9. The number of rotatable bonds is 3. The van der Waals surface area contributed by atoms with Crippen LogP contribution in [0, 0.1) is 0 Å². The number of hydrogen-bond acceptors (Lipinski definition) is 3. The van der Waals surface area contributed by atoms with Crippen LogP contribution in [-0.2, 0) is 15.0 Å². The van der Waals surface area contributed by atoms with Crippen LogP contribution in [0.15, 0.2) is 0 Å². The van der Waals surface area contributed by atoms with Crippen molar-refractivity contribution in [1.82, 2.24) is 4.31 Å². The SMILES string of the molecule is CN(CC=O)S(N)(=O)=O. The largest absolute Gasteiger partial charge is 0.302 e. The van der Waals surface area contributed by atoms with Crippen LogP contribution >= 0.6 is 0 Å². The second-order valence-corrected chi connectivity index (χ2v) is 3.15. The fourth-order valence-electron chi connectivity index (χ4n) is 0.209. The van der Waals surface area contributed by atoms with E-state index in [2.05, 4.69) is 5.14 Å². The predicted octanol–water partition coefficient (Wildman–Crippen LogP) is -1.68. The quantitative estimate of drug-likeness (QED) is 0.490. The van der Waals surface area contributed by atoms with E-state index in [1.54, 1.807) is 0 Å². The smallest absolute Gasteiger partial charge is 0.277 e. The van der Waals surface area contributed by atoms with Crippen LogP contribution < -0.4 is 5.14 Å². The molecule has 0 saturated carbocycles. The van der Waals surface area contributed by atoms with Gasteiger partial charge in [-0.2, -0.15) is 12.7 Å². The molecule has 0 atom stereocenters. The molecular formula is C3H8N2O3S. The van der Waals surface area contributed by atoms with E-state index in [0.29, 0.717) is 6.29 Å². The summed E-state index contributed by atoms with van der Waals surface area (Å²) in [5.41, 5.74) is 0. The van der Waals surface area contributed by atoms with Crippen molar-refractivity contribution in [2.24, 2.45) is 5.14 Å². The van der Waals surface area contributed by atoms with Crippen molar-refractivity contribution in [2.45, 2.75) is 0 Å².